The molecule has 0 saturated heterocycles. The quantitative estimate of drug-likeness (QED) is 0.497. The maximum Gasteiger partial charge on any atom is 0.262 e. The standard InChI is InChI=1S/C19H16N4O2S2/c1-2-12-7-3-6-10-15(12)20-18-21-22-19(27-18)26-11-23-16(24)13-8-4-5-9-14(13)17(23)25/h3-10H,2,11H2,1H3,(H,20,21). The average molecular weight is 396 g/mol. The highest BCUT2D eigenvalue weighted by molar-refractivity contribution is 8.01. The number of para-hydroxylation sites is 1. The Morgan fingerprint density at radius 2 is 1.67 bits per heavy atom. The second kappa shape index (κ2) is 7.50. The second-order valence-corrected chi connectivity index (χ2v) is 8.04. The number of aryl methyl sites for hydroxylation is 1. The summed E-state index contributed by atoms with van der Waals surface area (Å²) in [6.45, 7) is 2.10. The molecule has 8 heteroatoms. The molecule has 0 atom stereocenters. The van der Waals surface area contributed by atoms with E-state index in [1.807, 2.05) is 18.2 Å². The van der Waals surface area contributed by atoms with Crippen LogP contribution in [0.4, 0.5) is 10.8 Å². The summed E-state index contributed by atoms with van der Waals surface area (Å²) in [5.41, 5.74) is 3.12. The van der Waals surface area contributed by atoms with Gasteiger partial charge >= 0.3 is 0 Å². The lowest BCUT2D eigenvalue weighted by Gasteiger charge is -2.11. The van der Waals surface area contributed by atoms with E-state index in [0.717, 1.165) is 12.1 Å². The number of nitrogens with zero attached hydrogens (tertiary/aromatic N) is 3. The third kappa shape index (κ3) is 3.45. The SMILES string of the molecule is CCc1ccccc1Nc1nnc(SCN2C(=O)c3ccccc3C2=O)s1. The third-order valence-electron chi connectivity index (χ3n) is 4.24. The van der Waals surface area contributed by atoms with Gasteiger partial charge in [0.05, 0.1) is 17.0 Å². The van der Waals surface area contributed by atoms with Crippen molar-refractivity contribution in [3.8, 4) is 0 Å². The predicted octanol–water partition coefficient (Wildman–Crippen LogP) is 4.19. The summed E-state index contributed by atoms with van der Waals surface area (Å²) in [5.74, 6) is -0.308. The van der Waals surface area contributed by atoms with Gasteiger partial charge in [-0.25, -0.2) is 0 Å². The smallest absolute Gasteiger partial charge is 0.262 e. The van der Waals surface area contributed by atoms with E-state index in [2.05, 4.69) is 28.5 Å². The van der Waals surface area contributed by atoms with Gasteiger partial charge in [-0.15, -0.1) is 10.2 Å². The highest BCUT2D eigenvalue weighted by Gasteiger charge is 2.35. The molecule has 1 N–H and O–H groups in total. The molecule has 4 rings (SSSR count). The highest BCUT2D eigenvalue weighted by Crippen LogP contribution is 2.31. The van der Waals surface area contributed by atoms with Crippen LogP contribution in [0.25, 0.3) is 0 Å². The fourth-order valence-electron chi connectivity index (χ4n) is 2.86. The minimum absolute atomic E-state index is 0.215. The monoisotopic (exact) mass is 396 g/mol. The van der Waals surface area contributed by atoms with Crippen LogP contribution in [-0.2, 0) is 6.42 Å². The van der Waals surface area contributed by atoms with Crippen LogP contribution >= 0.6 is 23.1 Å². The number of thioether (sulfide) groups is 1. The molecule has 1 aromatic heterocycles. The van der Waals surface area contributed by atoms with Gasteiger partial charge in [0.1, 0.15) is 0 Å². The molecule has 0 spiro atoms. The molecule has 136 valence electrons. The Morgan fingerprint density at radius 3 is 2.37 bits per heavy atom. The Hall–Kier alpha value is -2.71. The molecular weight excluding hydrogens is 380 g/mol. The Kier molecular flexibility index (Phi) is 4.91. The molecule has 2 amide bonds. The van der Waals surface area contributed by atoms with Gasteiger partial charge in [0.2, 0.25) is 5.13 Å². The van der Waals surface area contributed by atoms with E-state index in [4.69, 9.17) is 0 Å². The Bertz CT molecular complexity index is 983. The number of carbonyl (C=O) groups is 2. The molecule has 27 heavy (non-hydrogen) atoms. The van der Waals surface area contributed by atoms with E-state index in [1.165, 1.54) is 33.6 Å². The number of hydrogen-bond acceptors (Lipinski definition) is 7. The highest BCUT2D eigenvalue weighted by atomic mass is 32.2. The number of benzene rings is 2. The van der Waals surface area contributed by atoms with Crippen LogP contribution in [0.3, 0.4) is 0 Å². The molecule has 0 bridgehead atoms. The summed E-state index contributed by atoms with van der Waals surface area (Å²) in [6, 6.07) is 14.9. The van der Waals surface area contributed by atoms with Crippen LogP contribution in [0.1, 0.15) is 33.2 Å². The van der Waals surface area contributed by atoms with E-state index in [9.17, 15) is 9.59 Å². The number of anilines is 2. The molecule has 0 aliphatic carbocycles. The van der Waals surface area contributed by atoms with Crippen molar-refractivity contribution in [1.82, 2.24) is 15.1 Å². The number of hydrogen-bond donors (Lipinski definition) is 1. The summed E-state index contributed by atoms with van der Waals surface area (Å²) < 4.78 is 0.697. The first kappa shape index (κ1) is 17.7. The van der Waals surface area contributed by atoms with Gasteiger partial charge in [0.25, 0.3) is 11.8 Å². The maximum absolute atomic E-state index is 12.4. The zero-order chi connectivity index (χ0) is 18.8. The minimum Gasteiger partial charge on any atom is -0.330 e. The first-order chi connectivity index (χ1) is 13.2. The van der Waals surface area contributed by atoms with Crippen molar-refractivity contribution >= 4 is 45.7 Å². The van der Waals surface area contributed by atoms with E-state index in [0.29, 0.717) is 20.6 Å². The van der Waals surface area contributed by atoms with Gasteiger partial charge in [-0.05, 0) is 30.2 Å². The molecule has 1 aliphatic rings. The normalized spacial score (nSPS) is 13.1. The number of imide groups is 1. The van der Waals surface area contributed by atoms with E-state index in [-0.39, 0.29) is 17.7 Å². The van der Waals surface area contributed by atoms with Gasteiger partial charge in [-0.3, -0.25) is 14.5 Å². The fraction of sp³-hybridized carbons (Fsp3) is 0.158. The molecule has 2 heterocycles. The zero-order valence-corrected chi connectivity index (χ0v) is 16.1. The topological polar surface area (TPSA) is 75.2 Å². The van der Waals surface area contributed by atoms with Crippen LogP contribution in [0.5, 0.6) is 0 Å². The molecule has 0 radical (unpaired) electrons. The summed E-state index contributed by atoms with van der Waals surface area (Å²) in [7, 11) is 0. The van der Waals surface area contributed by atoms with Gasteiger partial charge < -0.3 is 5.32 Å². The average Bonchev–Trinajstić information content (AvgIpc) is 3.24. The van der Waals surface area contributed by atoms with E-state index < -0.39 is 0 Å². The minimum atomic E-state index is -0.261. The van der Waals surface area contributed by atoms with Crippen LogP contribution in [0.2, 0.25) is 0 Å². The molecule has 1 aliphatic heterocycles. The molecule has 0 saturated carbocycles. The number of nitrogens with one attached hydrogen (secondary N) is 1. The number of aromatic nitrogens is 2. The molecule has 0 unspecified atom stereocenters. The largest absolute Gasteiger partial charge is 0.330 e. The van der Waals surface area contributed by atoms with Crippen LogP contribution in [0.15, 0.2) is 52.9 Å². The van der Waals surface area contributed by atoms with Crippen molar-refractivity contribution in [3.63, 3.8) is 0 Å². The number of carbonyl (C=O) groups excluding carboxylic acids is 2. The maximum atomic E-state index is 12.4. The molecule has 2 aromatic carbocycles. The van der Waals surface area contributed by atoms with Crippen molar-refractivity contribution in [2.45, 2.75) is 17.7 Å². The van der Waals surface area contributed by atoms with Gasteiger partial charge in [-0.2, -0.15) is 0 Å². The van der Waals surface area contributed by atoms with E-state index >= 15 is 0 Å². The lowest BCUT2D eigenvalue weighted by Crippen LogP contribution is -2.29. The van der Waals surface area contributed by atoms with Crippen molar-refractivity contribution in [2.75, 3.05) is 11.2 Å². The summed E-state index contributed by atoms with van der Waals surface area (Å²) in [6.07, 6.45) is 0.920. The number of fused-ring (bicyclic) bond motifs is 1. The van der Waals surface area contributed by atoms with Gasteiger partial charge in [0.15, 0.2) is 4.34 Å². The van der Waals surface area contributed by atoms with Gasteiger partial charge in [-0.1, -0.05) is 60.4 Å². The Balaban J connectivity index is 1.42. The second-order valence-electron chi connectivity index (χ2n) is 5.87. The van der Waals surface area contributed by atoms with Crippen molar-refractivity contribution in [2.24, 2.45) is 0 Å². The molecular formula is C19H16N4O2S2. The van der Waals surface area contributed by atoms with Gasteiger partial charge in [0, 0.05) is 5.69 Å². The lowest BCUT2D eigenvalue weighted by molar-refractivity contribution is 0.0684. The lowest BCUT2D eigenvalue weighted by atomic mass is 10.1. The predicted molar refractivity (Wildman–Crippen MR) is 107 cm³/mol. The van der Waals surface area contributed by atoms with Crippen molar-refractivity contribution in [3.05, 3.63) is 65.2 Å². The number of amides is 2. The summed E-state index contributed by atoms with van der Waals surface area (Å²) in [5, 5.41) is 12.3. The Morgan fingerprint density at radius 1 is 1.00 bits per heavy atom. The van der Waals surface area contributed by atoms with Crippen LogP contribution in [-0.4, -0.2) is 32.8 Å². The van der Waals surface area contributed by atoms with Crippen molar-refractivity contribution < 1.29 is 9.59 Å². The van der Waals surface area contributed by atoms with E-state index in [1.54, 1.807) is 24.3 Å². The van der Waals surface area contributed by atoms with Crippen LogP contribution < -0.4 is 5.32 Å². The first-order valence-electron chi connectivity index (χ1n) is 8.44. The Labute approximate surface area is 164 Å². The summed E-state index contributed by atoms with van der Waals surface area (Å²) in [4.78, 5) is 26.0. The molecule has 6 nitrogen and oxygen atoms in total. The zero-order valence-electron chi connectivity index (χ0n) is 14.5. The van der Waals surface area contributed by atoms with Crippen LogP contribution in [0, 0.1) is 0 Å². The summed E-state index contributed by atoms with van der Waals surface area (Å²) >= 11 is 2.72. The molecule has 0 fully saturated rings. The fourth-order valence-corrected chi connectivity index (χ4v) is 4.55. The third-order valence-corrected chi connectivity index (χ3v) is 6.19. The first-order valence-corrected chi connectivity index (χ1v) is 10.2. The number of rotatable bonds is 6. The van der Waals surface area contributed by atoms with Crippen molar-refractivity contribution in [1.29, 1.82) is 0 Å². The molecule has 3 aromatic rings.